The number of para-hydroxylation sites is 1. The van der Waals surface area contributed by atoms with Gasteiger partial charge in [0.15, 0.2) is 0 Å². The lowest BCUT2D eigenvalue weighted by Gasteiger charge is -2.14. The van der Waals surface area contributed by atoms with E-state index in [0.29, 0.717) is 5.75 Å². The highest BCUT2D eigenvalue weighted by Gasteiger charge is 2.27. The van der Waals surface area contributed by atoms with Crippen molar-refractivity contribution in [1.29, 1.82) is 0 Å². The zero-order valence-corrected chi connectivity index (χ0v) is 20.4. The van der Waals surface area contributed by atoms with Crippen LogP contribution in [0.2, 0.25) is 0 Å². The molecule has 188 valence electrons. The zero-order chi connectivity index (χ0) is 23.0. The number of hydrogen-bond donors (Lipinski definition) is 0. The second kappa shape index (κ2) is 14.2. The summed E-state index contributed by atoms with van der Waals surface area (Å²) >= 11 is 0. The Morgan fingerprint density at radius 3 is 2.32 bits per heavy atom. The highest BCUT2D eigenvalue weighted by atomic mass is 35.5. The van der Waals surface area contributed by atoms with Crippen molar-refractivity contribution in [2.45, 2.75) is 26.6 Å². The molecule has 0 aliphatic heterocycles. The standard InChI is InChI=1S/C23H25F3N2O4.2ClH/c1-16-13-22(18-5-3-4-6-19(18)28-16)32-14-20-17(2)21(7-8-27-20)31-12-11-29-9-10-30-15-23(24,25)26;;/h3-8,13H,9-12,14-15H2,1-2H3;2*1H. The highest BCUT2D eigenvalue weighted by molar-refractivity contribution is 5.86. The number of rotatable bonds is 11. The van der Waals surface area contributed by atoms with Crippen molar-refractivity contribution in [3.63, 3.8) is 0 Å². The number of benzene rings is 1. The minimum atomic E-state index is -4.33. The molecular formula is C23H27Cl2F3N2O4. The average molecular weight is 523 g/mol. The van der Waals surface area contributed by atoms with Crippen molar-refractivity contribution in [3.8, 4) is 11.5 Å². The smallest absolute Gasteiger partial charge is 0.411 e. The third-order valence-electron chi connectivity index (χ3n) is 4.55. The van der Waals surface area contributed by atoms with Crippen LogP contribution in [0.5, 0.6) is 11.5 Å². The molecule has 1 aromatic carbocycles. The summed E-state index contributed by atoms with van der Waals surface area (Å²) in [5.74, 6) is 1.38. The normalized spacial score (nSPS) is 11.0. The van der Waals surface area contributed by atoms with Gasteiger partial charge in [0.2, 0.25) is 0 Å². The Bertz CT molecular complexity index is 1040. The molecule has 0 atom stereocenters. The Balaban J connectivity index is 0.00000289. The number of pyridine rings is 2. The minimum absolute atomic E-state index is 0. The van der Waals surface area contributed by atoms with Gasteiger partial charge in [-0.2, -0.15) is 13.2 Å². The first-order valence-corrected chi connectivity index (χ1v) is 10.1. The predicted octanol–water partition coefficient (Wildman–Crippen LogP) is 5.64. The van der Waals surface area contributed by atoms with Gasteiger partial charge in [0.25, 0.3) is 0 Å². The van der Waals surface area contributed by atoms with E-state index in [4.69, 9.17) is 14.2 Å². The lowest BCUT2D eigenvalue weighted by molar-refractivity contribution is -0.176. The van der Waals surface area contributed by atoms with Crippen molar-refractivity contribution in [1.82, 2.24) is 9.97 Å². The van der Waals surface area contributed by atoms with Crippen LogP contribution in [0.4, 0.5) is 13.2 Å². The van der Waals surface area contributed by atoms with Crippen LogP contribution in [0, 0.1) is 13.8 Å². The summed E-state index contributed by atoms with van der Waals surface area (Å²) in [5.41, 5.74) is 3.32. The summed E-state index contributed by atoms with van der Waals surface area (Å²) in [6.45, 7) is 3.21. The van der Waals surface area contributed by atoms with E-state index in [0.717, 1.165) is 33.6 Å². The van der Waals surface area contributed by atoms with Crippen LogP contribution in [0.15, 0.2) is 42.6 Å². The number of aromatic nitrogens is 2. The molecule has 0 fully saturated rings. The minimum Gasteiger partial charge on any atom is -0.491 e. The Hall–Kier alpha value is -2.33. The Labute approximate surface area is 208 Å². The van der Waals surface area contributed by atoms with Crippen molar-refractivity contribution in [2.75, 3.05) is 33.0 Å². The summed E-state index contributed by atoms with van der Waals surface area (Å²) in [5, 5.41) is 0.930. The number of fused-ring (bicyclic) bond motifs is 1. The van der Waals surface area contributed by atoms with Gasteiger partial charge in [-0.1, -0.05) is 12.1 Å². The van der Waals surface area contributed by atoms with E-state index < -0.39 is 12.8 Å². The molecule has 3 aromatic rings. The average Bonchev–Trinajstić information content (AvgIpc) is 2.74. The molecule has 0 radical (unpaired) electrons. The summed E-state index contributed by atoms with van der Waals surface area (Å²) in [4.78, 5) is 8.91. The van der Waals surface area contributed by atoms with E-state index in [1.54, 1.807) is 12.3 Å². The van der Waals surface area contributed by atoms with E-state index in [-0.39, 0.29) is 57.8 Å². The molecule has 0 bridgehead atoms. The number of nitrogens with zero attached hydrogens (tertiary/aromatic N) is 2. The molecule has 0 aliphatic carbocycles. The number of ether oxygens (including phenoxy) is 4. The molecule has 0 spiro atoms. The number of alkyl halides is 3. The quantitative estimate of drug-likeness (QED) is 0.303. The van der Waals surface area contributed by atoms with Gasteiger partial charge in [0, 0.05) is 28.9 Å². The monoisotopic (exact) mass is 522 g/mol. The van der Waals surface area contributed by atoms with Gasteiger partial charge >= 0.3 is 6.18 Å². The van der Waals surface area contributed by atoms with Crippen molar-refractivity contribution in [3.05, 3.63) is 59.5 Å². The van der Waals surface area contributed by atoms with Crippen molar-refractivity contribution in [2.24, 2.45) is 0 Å². The molecule has 6 nitrogen and oxygen atoms in total. The fourth-order valence-corrected chi connectivity index (χ4v) is 3.01. The van der Waals surface area contributed by atoms with E-state index in [2.05, 4.69) is 14.7 Å². The number of aryl methyl sites for hydroxylation is 1. The molecule has 0 unspecified atom stereocenters. The van der Waals surface area contributed by atoms with Crippen LogP contribution in [0.3, 0.4) is 0 Å². The topological polar surface area (TPSA) is 62.7 Å². The van der Waals surface area contributed by atoms with Gasteiger partial charge < -0.3 is 18.9 Å². The van der Waals surface area contributed by atoms with Gasteiger partial charge in [-0.15, -0.1) is 24.8 Å². The van der Waals surface area contributed by atoms with Crippen LogP contribution < -0.4 is 9.47 Å². The second-order valence-electron chi connectivity index (χ2n) is 7.08. The van der Waals surface area contributed by atoms with Gasteiger partial charge in [-0.25, -0.2) is 0 Å². The van der Waals surface area contributed by atoms with Crippen LogP contribution in [0.1, 0.15) is 17.0 Å². The lowest BCUT2D eigenvalue weighted by atomic mass is 10.2. The maximum absolute atomic E-state index is 12.0. The molecule has 0 N–H and O–H groups in total. The molecule has 34 heavy (non-hydrogen) atoms. The van der Waals surface area contributed by atoms with E-state index in [1.165, 1.54) is 0 Å². The Morgan fingerprint density at radius 2 is 1.56 bits per heavy atom. The van der Waals surface area contributed by atoms with Crippen LogP contribution in [0.25, 0.3) is 10.9 Å². The molecule has 0 amide bonds. The summed E-state index contributed by atoms with van der Waals surface area (Å²) in [7, 11) is 0. The van der Waals surface area contributed by atoms with E-state index in [9.17, 15) is 13.2 Å². The fourth-order valence-electron chi connectivity index (χ4n) is 3.01. The van der Waals surface area contributed by atoms with Gasteiger partial charge in [0.1, 0.15) is 31.3 Å². The maximum atomic E-state index is 12.0. The first kappa shape index (κ1) is 29.7. The van der Waals surface area contributed by atoms with E-state index in [1.807, 2.05) is 44.2 Å². The van der Waals surface area contributed by atoms with Crippen LogP contribution in [-0.2, 0) is 16.1 Å². The third kappa shape index (κ3) is 9.13. The molecule has 0 saturated heterocycles. The molecular weight excluding hydrogens is 496 g/mol. The van der Waals surface area contributed by atoms with Gasteiger partial charge in [0.05, 0.1) is 31.0 Å². The predicted molar refractivity (Wildman–Crippen MR) is 127 cm³/mol. The molecule has 2 aromatic heterocycles. The second-order valence-corrected chi connectivity index (χ2v) is 7.08. The number of hydrogen-bond acceptors (Lipinski definition) is 6. The summed E-state index contributed by atoms with van der Waals surface area (Å²) < 4.78 is 57.4. The Kier molecular flexibility index (Phi) is 12.4. The summed E-state index contributed by atoms with van der Waals surface area (Å²) in [6, 6.07) is 11.4. The summed E-state index contributed by atoms with van der Waals surface area (Å²) in [6.07, 6.45) is -2.69. The first-order valence-electron chi connectivity index (χ1n) is 10.1. The Morgan fingerprint density at radius 1 is 0.853 bits per heavy atom. The number of halogens is 5. The lowest BCUT2D eigenvalue weighted by Crippen LogP contribution is -2.19. The maximum Gasteiger partial charge on any atom is 0.411 e. The zero-order valence-electron chi connectivity index (χ0n) is 18.8. The van der Waals surface area contributed by atoms with Gasteiger partial charge in [-0.05, 0) is 32.0 Å². The SMILES string of the molecule is Cc1cc(OCc2nccc(OCCOCCOCC(F)(F)F)c2C)c2ccccc2n1.Cl.Cl. The fraction of sp³-hybridized carbons (Fsp3) is 0.391. The molecule has 3 rings (SSSR count). The molecule has 11 heteroatoms. The first-order chi connectivity index (χ1) is 15.3. The molecule has 0 aliphatic rings. The van der Waals surface area contributed by atoms with Crippen LogP contribution in [-0.4, -0.2) is 49.2 Å². The largest absolute Gasteiger partial charge is 0.491 e. The molecule has 2 heterocycles. The molecule has 0 saturated carbocycles. The van der Waals surface area contributed by atoms with Gasteiger partial charge in [-0.3, -0.25) is 9.97 Å². The van der Waals surface area contributed by atoms with Crippen LogP contribution >= 0.6 is 24.8 Å². The highest BCUT2D eigenvalue weighted by Crippen LogP contribution is 2.27. The van der Waals surface area contributed by atoms with Crippen molar-refractivity contribution < 1.29 is 32.1 Å². The van der Waals surface area contributed by atoms with Crippen molar-refractivity contribution >= 4 is 35.7 Å². The third-order valence-corrected chi connectivity index (χ3v) is 4.55. The van der Waals surface area contributed by atoms with E-state index >= 15 is 0 Å².